The molecule has 2 aliphatic heterocycles. The van der Waals surface area contributed by atoms with Crippen molar-refractivity contribution in [3.63, 3.8) is 0 Å². The Hall–Kier alpha value is 0.719. The number of rotatable bonds is 7. The van der Waals surface area contributed by atoms with E-state index in [1.807, 2.05) is 0 Å². The van der Waals surface area contributed by atoms with Crippen LogP contribution in [0.15, 0.2) is 48.5 Å². The van der Waals surface area contributed by atoms with E-state index in [9.17, 15) is 0 Å². The molecule has 0 nitrogen and oxygen atoms in total. The second-order valence-corrected chi connectivity index (χ2v) is 14.5. The molecule has 2 saturated heterocycles. The maximum atomic E-state index is 2.37. The molecule has 0 spiro atoms. The number of benzene rings is 2. The first-order valence-electron chi connectivity index (χ1n) is 7.56. The topological polar surface area (TPSA) is 0 Å². The first-order valence-corrected chi connectivity index (χ1v) is 15.3. The van der Waals surface area contributed by atoms with Gasteiger partial charge in [0.05, 0.1) is 0 Å². The molecule has 2 aromatic carbocycles. The summed E-state index contributed by atoms with van der Waals surface area (Å²) >= 11 is 4.38. The van der Waals surface area contributed by atoms with Crippen LogP contribution in [0.25, 0.3) is 11.1 Å². The number of hydrogen-bond donors (Lipinski definition) is 0. The van der Waals surface area contributed by atoms with Crippen molar-refractivity contribution in [2.75, 3.05) is 11.5 Å². The van der Waals surface area contributed by atoms with Crippen molar-refractivity contribution in [2.45, 2.75) is 19.4 Å². The molecule has 0 saturated carbocycles. The van der Waals surface area contributed by atoms with E-state index < -0.39 is 0 Å². The first-order chi connectivity index (χ1) is 10.9. The van der Waals surface area contributed by atoms with Crippen LogP contribution in [0.5, 0.6) is 0 Å². The van der Waals surface area contributed by atoms with E-state index >= 15 is 0 Å². The summed E-state index contributed by atoms with van der Waals surface area (Å²) in [7, 11) is 0. The van der Waals surface area contributed by atoms with E-state index in [4.69, 9.17) is 0 Å². The van der Waals surface area contributed by atoms with Crippen LogP contribution in [0, 0.1) is 0 Å². The van der Waals surface area contributed by atoms with Gasteiger partial charge in [-0.15, -0.1) is 0 Å². The normalized spacial score (nSPS) is 22.5. The third-order valence-electron chi connectivity index (χ3n) is 3.72. The van der Waals surface area contributed by atoms with Crippen molar-refractivity contribution in [3.05, 3.63) is 48.5 Å². The Balaban J connectivity index is 1.37. The zero-order valence-corrected chi connectivity index (χ0v) is 18.5. The van der Waals surface area contributed by atoms with Crippen LogP contribution in [0.1, 0.15) is 0 Å². The Bertz CT molecular complexity index is 559. The van der Waals surface area contributed by atoms with Gasteiger partial charge in [0.25, 0.3) is 0 Å². The van der Waals surface area contributed by atoms with Gasteiger partial charge in [-0.05, 0) is 0 Å². The van der Waals surface area contributed by atoms with Gasteiger partial charge in [-0.1, -0.05) is 0 Å². The molecular weight excluding hydrogens is 536 g/mol. The molecule has 0 aromatic heterocycles. The molecule has 0 N–H and O–H groups in total. The second kappa shape index (κ2) is 7.73. The molecule has 114 valence electrons. The average Bonchev–Trinajstić information content (AvgIpc) is 3.47. The van der Waals surface area contributed by atoms with Gasteiger partial charge in [0, 0.05) is 0 Å². The monoisotopic (exact) mass is 558 g/mol. The third kappa shape index (κ3) is 4.86. The van der Waals surface area contributed by atoms with E-state index in [2.05, 4.69) is 72.1 Å². The summed E-state index contributed by atoms with van der Waals surface area (Å²) < 4.78 is 6.19. The number of thioether (sulfide) groups is 2. The molecule has 0 bridgehead atoms. The fourth-order valence-corrected chi connectivity index (χ4v) is 11.1. The predicted molar refractivity (Wildman–Crippen MR) is 105 cm³/mol. The van der Waals surface area contributed by atoms with Crippen molar-refractivity contribution in [2.24, 2.45) is 0 Å². The summed E-state index contributed by atoms with van der Waals surface area (Å²) in [4.78, 5) is 0. The molecular formula is C18H18S2Te2. The molecule has 0 aliphatic carbocycles. The maximum absolute atomic E-state index is 2.37. The third-order valence-corrected chi connectivity index (χ3v) is 13.7. The van der Waals surface area contributed by atoms with Crippen LogP contribution < -0.4 is 7.22 Å². The van der Waals surface area contributed by atoms with Gasteiger partial charge < -0.3 is 0 Å². The van der Waals surface area contributed by atoms with Crippen molar-refractivity contribution in [1.29, 1.82) is 0 Å². The van der Waals surface area contributed by atoms with E-state index in [0.717, 1.165) is 10.5 Å². The molecule has 2 fully saturated rings. The Morgan fingerprint density at radius 2 is 1.05 bits per heavy atom. The van der Waals surface area contributed by atoms with Gasteiger partial charge in [0.1, 0.15) is 0 Å². The zero-order valence-electron chi connectivity index (χ0n) is 12.2. The van der Waals surface area contributed by atoms with Crippen LogP contribution in [0.4, 0.5) is 0 Å². The predicted octanol–water partition coefficient (Wildman–Crippen LogP) is 3.08. The zero-order chi connectivity index (χ0) is 14.8. The molecule has 2 heterocycles. The van der Waals surface area contributed by atoms with E-state index in [-0.39, 0.29) is 41.8 Å². The Kier molecular flexibility index (Phi) is 5.70. The molecule has 2 atom stereocenters. The van der Waals surface area contributed by atoms with Crippen molar-refractivity contribution in [1.82, 2.24) is 0 Å². The van der Waals surface area contributed by atoms with Gasteiger partial charge in [-0.25, -0.2) is 0 Å². The molecule has 22 heavy (non-hydrogen) atoms. The van der Waals surface area contributed by atoms with Gasteiger partial charge in [0.2, 0.25) is 0 Å². The van der Waals surface area contributed by atoms with Crippen LogP contribution >= 0.6 is 23.5 Å². The quantitative estimate of drug-likeness (QED) is 0.382. The Morgan fingerprint density at radius 3 is 1.36 bits per heavy atom. The fourth-order valence-electron chi connectivity index (χ4n) is 2.19. The number of hydrogen-bond acceptors (Lipinski definition) is 2. The minimum absolute atomic E-state index is 0.0557. The van der Waals surface area contributed by atoms with Gasteiger partial charge in [0.15, 0.2) is 0 Å². The molecule has 2 aliphatic rings. The first kappa shape index (κ1) is 16.2. The van der Waals surface area contributed by atoms with Crippen molar-refractivity contribution in [3.8, 4) is 11.1 Å². The van der Waals surface area contributed by atoms with Crippen LogP contribution in [-0.2, 0) is 0 Å². The molecule has 0 amide bonds. The van der Waals surface area contributed by atoms with Gasteiger partial charge >= 0.3 is 163 Å². The second-order valence-electron chi connectivity index (χ2n) is 5.58. The average molecular weight is 554 g/mol. The fraction of sp³-hybridized carbons (Fsp3) is 0.333. The van der Waals surface area contributed by atoms with Crippen molar-refractivity contribution >= 4 is 72.6 Å². The summed E-state index contributed by atoms with van der Waals surface area (Å²) in [5.41, 5.74) is 2.75. The van der Waals surface area contributed by atoms with Gasteiger partial charge in [-0.2, -0.15) is 0 Å². The van der Waals surface area contributed by atoms with Crippen molar-refractivity contribution < 1.29 is 0 Å². The Morgan fingerprint density at radius 1 is 0.682 bits per heavy atom. The minimum atomic E-state index is 0.0557. The standard InChI is InChI=1S/C18H18S2Te2/c1-5-17(21-11-15-9-19-15)6-2-13(1)14-3-7-18(8-4-14)22-12-16-10-20-16/h1-8,15-16H,9-12H2. The summed E-state index contributed by atoms with van der Waals surface area (Å²) in [5.74, 6) is 2.83. The van der Waals surface area contributed by atoms with E-state index in [1.54, 1.807) is 7.22 Å². The summed E-state index contributed by atoms with van der Waals surface area (Å²) in [5, 5.41) is 2.01. The van der Waals surface area contributed by atoms with E-state index in [0.29, 0.717) is 0 Å². The van der Waals surface area contributed by atoms with Crippen LogP contribution in [-0.4, -0.2) is 63.9 Å². The molecule has 2 aromatic rings. The Labute approximate surface area is 161 Å². The molecule has 0 radical (unpaired) electrons. The summed E-state index contributed by atoms with van der Waals surface area (Å²) in [6.45, 7) is 0. The summed E-state index contributed by atoms with van der Waals surface area (Å²) in [6.07, 6.45) is 0. The molecule has 2 unspecified atom stereocenters. The summed E-state index contributed by atoms with van der Waals surface area (Å²) in [6, 6.07) is 18.8. The molecule has 4 heteroatoms. The van der Waals surface area contributed by atoms with E-state index in [1.165, 1.54) is 31.6 Å². The van der Waals surface area contributed by atoms with Crippen LogP contribution in [0.3, 0.4) is 0 Å². The van der Waals surface area contributed by atoms with Gasteiger partial charge in [-0.3, -0.25) is 0 Å². The molecule has 4 rings (SSSR count). The van der Waals surface area contributed by atoms with Crippen LogP contribution in [0.2, 0.25) is 8.94 Å². The SMILES string of the molecule is c1cc(-c2ccc([Te]CC3CS3)cc2)ccc1[Te]CC1CS1.